The van der Waals surface area contributed by atoms with Gasteiger partial charge >= 0.3 is 0 Å². The van der Waals surface area contributed by atoms with Crippen molar-refractivity contribution in [2.45, 2.75) is 6.54 Å². The van der Waals surface area contributed by atoms with Crippen LogP contribution in [-0.2, 0) is 11.3 Å². The lowest BCUT2D eigenvalue weighted by Gasteiger charge is -2.08. The molecule has 1 aromatic heterocycles. The number of fused-ring (bicyclic) bond motifs is 1. The second kappa shape index (κ2) is 6.54. The Morgan fingerprint density at radius 2 is 1.79 bits per heavy atom. The van der Waals surface area contributed by atoms with E-state index in [-0.39, 0.29) is 11.4 Å². The van der Waals surface area contributed by atoms with Gasteiger partial charge in [-0.15, -0.1) is 0 Å². The van der Waals surface area contributed by atoms with Gasteiger partial charge in [-0.25, -0.2) is 4.39 Å². The molecule has 0 fully saturated rings. The molecule has 0 saturated carbocycles. The molecule has 122 valence electrons. The number of hydrogen-bond donors (Lipinski definition) is 1. The van der Waals surface area contributed by atoms with Gasteiger partial charge < -0.3 is 15.0 Å². The van der Waals surface area contributed by atoms with Gasteiger partial charge in [0.15, 0.2) is 0 Å². The number of Topliss-reactive ketones (excluding diaryl/α,β-unsaturated/α-hetero) is 1. The highest BCUT2D eigenvalue weighted by molar-refractivity contribution is 6.44. The van der Waals surface area contributed by atoms with E-state index < -0.39 is 11.7 Å². The number of ether oxygens (including phenoxy) is 1. The number of rotatable bonds is 6. The molecule has 6 heteroatoms. The highest BCUT2D eigenvalue weighted by atomic mass is 19.1. The van der Waals surface area contributed by atoms with Crippen LogP contribution in [0.15, 0.2) is 54.7 Å². The van der Waals surface area contributed by atoms with Crippen LogP contribution in [-0.4, -0.2) is 22.9 Å². The predicted molar refractivity (Wildman–Crippen MR) is 87.4 cm³/mol. The normalized spacial score (nSPS) is 10.7. The highest BCUT2D eigenvalue weighted by Crippen LogP contribution is 2.22. The molecule has 24 heavy (non-hydrogen) atoms. The third kappa shape index (κ3) is 3.12. The molecule has 2 N–H and O–H groups in total. The van der Waals surface area contributed by atoms with Crippen LogP contribution >= 0.6 is 0 Å². The van der Waals surface area contributed by atoms with Gasteiger partial charge in [0.1, 0.15) is 18.2 Å². The van der Waals surface area contributed by atoms with Gasteiger partial charge in [0.25, 0.3) is 11.7 Å². The zero-order valence-corrected chi connectivity index (χ0v) is 12.7. The molecule has 0 spiro atoms. The Bertz CT molecular complexity index is 900. The fraction of sp³-hybridized carbons (Fsp3) is 0.111. The molecule has 0 aliphatic heterocycles. The summed E-state index contributed by atoms with van der Waals surface area (Å²) in [5.74, 6) is -1.47. The van der Waals surface area contributed by atoms with E-state index in [1.807, 2.05) is 16.7 Å². The van der Waals surface area contributed by atoms with Crippen molar-refractivity contribution in [1.82, 2.24) is 4.57 Å². The molecule has 1 amide bonds. The Balaban J connectivity index is 1.80. The number of primary amides is 1. The van der Waals surface area contributed by atoms with Crippen LogP contribution in [0.5, 0.6) is 5.75 Å². The number of para-hydroxylation sites is 1. The van der Waals surface area contributed by atoms with Crippen molar-refractivity contribution in [3.8, 4) is 5.75 Å². The quantitative estimate of drug-likeness (QED) is 0.559. The molecule has 3 aromatic rings. The Kier molecular flexibility index (Phi) is 4.29. The summed E-state index contributed by atoms with van der Waals surface area (Å²) < 4.78 is 20.3. The topological polar surface area (TPSA) is 74.3 Å². The molecule has 0 aliphatic rings. The minimum Gasteiger partial charge on any atom is -0.492 e. The van der Waals surface area contributed by atoms with Crippen molar-refractivity contribution in [1.29, 1.82) is 0 Å². The molecule has 5 nitrogen and oxygen atoms in total. The van der Waals surface area contributed by atoms with Crippen molar-refractivity contribution < 1.29 is 18.7 Å². The summed E-state index contributed by atoms with van der Waals surface area (Å²) in [6.07, 6.45) is 1.60. The fourth-order valence-electron chi connectivity index (χ4n) is 2.54. The van der Waals surface area contributed by atoms with E-state index >= 15 is 0 Å². The first-order chi connectivity index (χ1) is 11.6. The van der Waals surface area contributed by atoms with Crippen LogP contribution in [0.1, 0.15) is 10.4 Å². The number of carbonyl (C=O) groups excluding carboxylic acids is 2. The largest absolute Gasteiger partial charge is 0.492 e. The number of benzene rings is 2. The average molecular weight is 326 g/mol. The summed E-state index contributed by atoms with van der Waals surface area (Å²) in [7, 11) is 0. The summed E-state index contributed by atoms with van der Waals surface area (Å²) in [6, 6.07) is 13.0. The Morgan fingerprint density at radius 1 is 1.08 bits per heavy atom. The van der Waals surface area contributed by atoms with Gasteiger partial charge in [-0.3, -0.25) is 9.59 Å². The summed E-state index contributed by atoms with van der Waals surface area (Å²) in [6.45, 7) is 0.790. The summed E-state index contributed by atoms with van der Waals surface area (Å²) in [5.41, 5.74) is 6.19. The minimum atomic E-state index is -0.986. The number of halogens is 1. The van der Waals surface area contributed by atoms with E-state index in [1.54, 1.807) is 30.5 Å². The maximum Gasteiger partial charge on any atom is 0.289 e. The van der Waals surface area contributed by atoms with Crippen molar-refractivity contribution in [2.24, 2.45) is 5.73 Å². The third-order valence-electron chi connectivity index (χ3n) is 3.67. The van der Waals surface area contributed by atoms with Crippen molar-refractivity contribution in [3.63, 3.8) is 0 Å². The molecular formula is C18H15FN2O3. The number of ketones is 1. The van der Waals surface area contributed by atoms with Crippen LogP contribution in [0, 0.1) is 5.82 Å². The Hall–Kier alpha value is -3.15. The van der Waals surface area contributed by atoms with Gasteiger partial charge in [0.2, 0.25) is 0 Å². The molecule has 2 aromatic carbocycles. The first kappa shape index (κ1) is 15.7. The molecule has 0 unspecified atom stereocenters. The lowest BCUT2D eigenvalue weighted by Crippen LogP contribution is -2.22. The van der Waals surface area contributed by atoms with Crippen LogP contribution in [0.4, 0.5) is 4.39 Å². The van der Waals surface area contributed by atoms with E-state index in [2.05, 4.69) is 0 Å². The summed E-state index contributed by atoms with van der Waals surface area (Å²) in [4.78, 5) is 23.1. The van der Waals surface area contributed by atoms with Crippen molar-refractivity contribution in [2.75, 3.05) is 6.61 Å². The van der Waals surface area contributed by atoms with Gasteiger partial charge in [-0.2, -0.15) is 0 Å². The number of nitrogens with two attached hydrogens (primary N) is 1. The second-order valence-corrected chi connectivity index (χ2v) is 5.25. The number of nitrogens with zero attached hydrogens (tertiary/aromatic N) is 1. The van der Waals surface area contributed by atoms with Crippen molar-refractivity contribution in [3.05, 3.63) is 66.1 Å². The monoisotopic (exact) mass is 326 g/mol. The zero-order chi connectivity index (χ0) is 17.1. The first-order valence-electron chi connectivity index (χ1n) is 7.36. The van der Waals surface area contributed by atoms with Crippen LogP contribution in [0.25, 0.3) is 10.9 Å². The fourth-order valence-corrected chi connectivity index (χ4v) is 2.54. The molecule has 0 atom stereocenters. The molecular weight excluding hydrogens is 311 g/mol. The van der Waals surface area contributed by atoms with Crippen molar-refractivity contribution >= 4 is 22.6 Å². The Labute approximate surface area is 137 Å². The first-order valence-corrected chi connectivity index (χ1v) is 7.36. The van der Waals surface area contributed by atoms with E-state index in [0.29, 0.717) is 24.3 Å². The summed E-state index contributed by atoms with van der Waals surface area (Å²) >= 11 is 0. The molecule has 0 radical (unpaired) electrons. The van der Waals surface area contributed by atoms with Crippen LogP contribution in [0.2, 0.25) is 0 Å². The molecule has 3 rings (SSSR count). The minimum absolute atomic E-state index is 0.278. The van der Waals surface area contributed by atoms with Gasteiger partial charge in [-0.05, 0) is 30.3 Å². The lowest BCUT2D eigenvalue weighted by atomic mass is 10.1. The molecule has 0 bridgehead atoms. The highest BCUT2D eigenvalue weighted by Gasteiger charge is 2.18. The third-order valence-corrected chi connectivity index (χ3v) is 3.67. The summed E-state index contributed by atoms with van der Waals surface area (Å²) in [5, 5.41) is 0.670. The van der Waals surface area contributed by atoms with Crippen LogP contribution < -0.4 is 10.5 Å². The standard InChI is InChI=1S/C18H15FN2O3/c19-12-5-7-13(8-6-12)24-10-9-21-11-15(17(22)18(20)23)14-3-1-2-4-16(14)21/h1-8,11H,9-10H2,(H2,20,23). The zero-order valence-electron chi connectivity index (χ0n) is 12.7. The number of hydrogen-bond acceptors (Lipinski definition) is 3. The number of aromatic nitrogens is 1. The maximum atomic E-state index is 12.9. The smallest absolute Gasteiger partial charge is 0.289 e. The van der Waals surface area contributed by atoms with E-state index in [1.165, 1.54) is 12.1 Å². The van der Waals surface area contributed by atoms with E-state index in [4.69, 9.17) is 10.5 Å². The maximum absolute atomic E-state index is 12.9. The van der Waals surface area contributed by atoms with Gasteiger partial charge in [0, 0.05) is 17.1 Å². The SMILES string of the molecule is NC(=O)C(=O)c1cn(CCOc2ccc(F)cc2)c2ccccc12. The van der Waals surface area contributed by atoms with E-state index in [0.717, 1.165) is 5.52 Å². The van der Waals surface area contributed by atoms with Gasteiger partial charge in [0.05, 0.1) is 12.1 Å². The average Bonchev–Trinajstić information content (AvgIpc) is 2.95. The van der Waals surface area contributed by atoms with Gasteiger partial charge in [-0.1, -0.05) is 18.2 Å². The molecule has 0 saturated heterocycles. The van der Waals surface area contributed by atoms with Crippen LogP contribution in [0.3, 0.4) is 0 Å². The number of amides is 1. The lowest BCUT2D eigenvalue weighted by molar-refractivity contribution is -0.114. The second-order valence-electron chi connectivity index (χ2n) is 5.25. The Morgan fingerprint density at radius 3 is 2.50 bits per heavy atom. The molecule has 1 heterocycles. The van der Waals surface area contributed by atoms with E-state index in [9.17, 15) is 14.0 Å². The predicted octanol–water partition coefficient (Wildman–Crippen LogP) is 2.53. The number of carbonyl (C=O) groups is 2. The molecule has 0 aliphatic carbocycles.